The van der Waals surface area contributed by atoms with Crippen molar-refractivity contribution in [2.24, 2.45) is 4.99 Å². The van der Waals surface area contributed by atoms with E-state index in [1.165, 1.54) is 12.1 Å². The molecule has 124 valence electrons. The van der Waals surface area contributed by atoms with Crippen molar-refractivity contribution < 1.29 is 9.18 Å². The summed E-state index contributed by atoms with van der Waals surface area (Å²) in [6.07, 6.45) is 2.16. The number of halogens is 2. The first-order valence-corrected chi connectivity index (χ1v) is 7.04. The van der Waals surface area contributed by atoms with Crippen molar-refractivity contribution in [3.8, 4) is 0 Å². The lowest BCUT2D eigenvalue weighted by Gasteiger charge is -2.21. The highest BCUT2D eigenvalue weighted by Crippen LogP contribution is 2.08. The SMILES string of the molecule is CCCCN(C)C(=NC)NCC(=O)Nc1cccc(F)c1.I. The topological polar surface area (TPSA) is 56.7 Å². The van der Waals surface area contributed by atoms with Crippen LogP contribution in [0.1, 0.15) is 19.8 Å². The van der Waals surface area contributed by atoms with E-state index in [9.17, 15) is 9.18 Å². The fourth-order valence-corrected chi connectivity index (χ4v) is 1.82. The lowest BCUT2D eigenvalue weighted by atomic mass is 10.3. The fraction of sp³-hybridized carbons (Fsp3) is 0.467. The van der Waals surface area contributed by atoms with Crippen molar-refractivity contribution in [3.05, 3.63) is 30.1 Å². The molecule has 22 heavy (non-hydrogen) atoms. The third kappa shape index (κ3) is 7.58. The molecule has 0 aliphatic heterocycles. The molecule has 0 atom stereocenters. The largest absolute Gasteiger partial charge is 0.347 e. The van der Waals surface area contributed by atoms with Crippen LogP contribution in [0, 0.1) is 5.82 Å². The molecular weight excluding hydrogens is 398 g/mol. The Labute approximate surface area is 148 Å². The van der Waals surface area contributed by atoms with E-state index in [2.05, 4.69) is 22.5 Å². The molecule has 0 aliphatic rings. The Morgan fingerprint density at radius 3 is 2.73 bits per heavy atom. The van der Waals surface area contributed by atoms with E-state index in [0.717, 1.165) is 19.4 Å². The Balaban J connectivity index is 0.00000441. The molecule has 2 N–H and O–H groups in total. The van der Waals surface area contributed by atoms with Crippen molar-refractivity contribution in [2.45, 2.75) is 19.8 Å². The number of hydrogen-bond donors (Lipinski definition) is 2. The number of rotatable bonds is 6. The second kappa shape index (κ2) is 11.2. The first kappa shape index (κ1) is 20.6. The van der Waals surface area contributed by atoms with E-state index in [1.807, 2.05) is 11.9 Å². The molecule has 0 aliphatic carbocycles. The lowest BCUT2D eigenvalue weighted by molar-refractivity contribution is -0.115. The van der Waals surface area contributed by atoms with Gasteiger partial charge in [-0.05, 0) is 24.6 Å². The minimum Gasteiger partial charge on any atom is -0.347 e. The van der Waals surface area contributed by atoms with Crippen LogP contribution in [0.3, 0.4) is 0 Å². The Kier molecular flexibility index (Phi) is 10.5. The van der Waals surface area contributed by atoms with Gasteiger partial charge >= 0.3 is 0 Å². The van der Waals surface area contributed by atoms with Crippen LogP contribution in [0.25, 0.3) is 0 Å². The zero-order chi connectivity index (χ0) is 15.7. The standard InChI is InChI=1S/C15H23FN4O.HI/c1-4-5-9-20(3)15(17-2)18-11-14(21)19-13-8-6-7-12(16)10-13;/h6-8,10H,4-5,9,11H2,1-3H3,(H,17,18)(H,19,21);1H. The van der Waals surface area contributed by atoms with Crippen LogP contribution in [-0.4, -0.2) is 44.0 Å². The number of carbonyl (C=O) groups excluding carboxylic acids is 1. The summed E-state index contributed by atoms with van der Waals surface area (Å²) < 4.78 is 13.0. The number of nitrogens with zero attached hydrogens (tertiary/aromatic N) is 2. The molecule has 0 unspecified atom stereocenters. The molecule has 1 rings (SSSR count). The lowest BCUT2D eigenvalue weighted by Crippen LogP contribution is -2.42. The van der Waals surface area contributed by atoms with Crippen LogP contribution in [0.4, 0.5) is 10.1 Å². The monoisotopic (exact) mass is 422 g/mol. The summed E-state index contributed by atoms with van der Waals surface area (Å²) in [5.41, 5.74) is 0.441. The van der Waals surface area contributed by atoms with E-state index < -0.39 is 0 Å². The number of amides is 1. The number of unbranched alkanes of at least 4 members (excludes halogenated alkanes) is 1. The number of nitrogens with one attached hydrogen (secondary N) is 2. The van der Waals surface area contributed by atoms with Gasteiger partial charge in [0.15, 0.2) is 5.96 Å². The zero-order valence-electron chi connectivity index (χ0n) is 13.2. The minimum absolute atomic E-state index is 0. The fourth-order valence-electron chi connectivity index (χ4n) is 1.82. The zero-order valence-corrected chi connectivity index (χ0v) is 15.6. The summed E-state index contributed by atoms with van der Waals surface area (Å²) in [5.74, 6) is 0.0411. The molecule has 0 fully saturated rings. The summed E-state index contributed by atoms with van der Waals surface area (Å²) in [6, 6.07) is 5.80. The molecule has 0 radical (unpaired) electrons. The molecule has 1 aromatic carbocycles. The average molecular weight is 422 g/mol. The van der Waals surface area contributed by atoms with Gasteiger partial charge in [-0.3, -0.25) is 9.79 Å². The molecule has 5 nitrogen and oxygen atoms in total. The van der Waals surface area contributed by atoms with Gasteiger partial charge in [0.2, 0.25) is 5.91 Å². The first-order chi connectivity index (χ1) is 10.1. The van der Waals surface area contributed by atoms with Crippen LogP contribution in [0.5, 0.6) is 0 Å². The van der Waals surface area contributed by atoms with Gasteiger partial charge in [-0.1, -0.05) is 19.4 Å². The van der Waals surface area contributed by atoms with Crippen molar-refractivity contribution in [2.75, 3.05) is 32.5 Å². The summed E-state index contributed by atoms with van der Waals surface area (Å²) in [7, 11) is 3.60. The molecule has 0 aromatic heterocycles. The average Bonchev–Trinajstić information content (AvgIpc) is 2.45. The van der Waals surface area contributed by atoms with Gasteiger partial charge in [0.25, 0.3) is 0 Å². The van der Waals surface area contributed by atoms with Gasteiger partial charge in [0.05, 0.1) is 6.54 Å². The summed E-state index contributed by atoms with van der Waals surface area (Å²) in [4.78, 5) is 17.9. The van der Waals surface area contributed by atoms with Crippen LogP contribution in [0.15, 0.2) is 29.3 Å². The van der Waals surface area contributed by atoms with Crippen molar-refractivity contribution >= 4 is 41.5 Å². The number of guanidine groups is 1. The molecule has 0 heterocycles. The molecule has 1 aromatic rings. The maximum Gasteiger partial charge on any atom is 0.243 e. The Bertz CT molecular complexity index is 496. The van der Waals surface area contributed by atoms with Gasteiger partial charge in [0.1, 0.15) is 5.82 Å². The molecule has 0 saturated heterocycles. The summed E-state index contributed by atoms with van der Waals surface area (Å²) >= 11 is 0. The predicted octanol–water partition coefficient (Wildman–Crippen LogP) is 2.69. The number of hydrogen-bond acceptors (Lipinski definition) is 2. The number of aliphatic imine (C=N–C) groups is 1. The van der Waals surface area contributed by atoms with E-state index in [1.54, 1.807) is 19.2 Å². The molecular formula is C15H24FIN4O. The van der Waals surface area contributed by atoms with E-state index in [-0.39, 0.29) is 42.2 Å². The summed E-state index contributed by atoms with van der Waals surface area (Å²) in [5, 5.41) is 5.61. The summed E-state index contributed by atoms with van der Waals surface area (Å²) in [6.45, 7) is 3.08. The highest BCUT2D eigenvalue weighted by molar-refractivity contribution is 14.0. The second-order valence-corrected chi connectivity index (χ2v) is 4.73. The molecule has 7 heteroatoms. The number of anilines is 1. The Morgan fingerprint density at radius 2 is 2.14 bits per heavy atom. The minimum atomic E-state index is -0.379. The smallest absolute Gasteiger partial charge is 0.243 e. The predicted molar refractivity (Wildman–Crippen MR) is 99.3 cm³/mol. The normalized spacial score (nSPS) is 10.6. The second-order valence-electron chi connectivity index (χ2n) is 4.73. The van der Waals surface area contributed by atoms with Crippen molar-refractivity contribution in [1.82, 2.24) is 10.2 Å². The van der Waals surface area contributed by atoms with Gasteiger partial charge in [-0.25, -0.2) is 4.39 Å². The van der Waals surface area contributed by atoms with E-state index in [0.29, 0.717) is 11.6 Å². The maximum atomic E-state index is 13.0. The third-order valence-electron chi connectivity index (χ3n) is 2.94. The molecule has 0 spiro atoms. The van der Waals surface area contributed by atoms with E-state index in [4.69, 9.17) is 0 Å². The highest BCUT2D eigenvalue weighted by Gasteiger charge is 2.08. The first-order valence-electron chi connectivity index (χ1n) is 7.04. The molecule has 0 bridgehead atoms. The third-order valence-corrected chi connectivity index (χ3v) is 2.94. The Morgan fingerprint density at radius 1 is 1.41 bits per heavy atom. The van der Waals surface area contributed by atoms with Crippen LogP contribution in [-0.2, 0) is 4.79 Å². The maximum absolute atomic E-state index is 13.0. The van der Waals surface area contributed by atoms with Gasteiger partial charge in [-0.15, -0.1) is 24.0 Å². The quantitative estimate of drug-likeness (QED) is 0.421. The van der Waals surface area contributed by atoms with E-state index >= 15 is 0 Å². The molecule has 1 amide bonds. The van der Waals surface area contributed by atoms with Gasteiger partial charge in [0, 0.05) is 26.3 Å². The van der Waals surface area contributed by atoms with Crippen LogP contribution >= 0.6 is 24.0 Å². The number of benzene rings is 1. The number of carbonyl (C=O) groups is 1. The van der Waals surface area contributed by atoms with Crippen molar-refractivity contribution in [1.29, 1.82) is 0 Å². The van der Waals surface area contributed by atoms with Gasteiger partial charge < -0.3 is 15.5 Å². The van der Waals surface area contributed by atoms with Gasteiger partial charge in [-0.2, -0.15) is 0 Å². The molecule has 0 saturated carbocycles. The van der Waals surface area contributed by atoms with Crippen LogP contribution in [0.2, 0.25) is 0 Å². The van der Waals surface area contributed by atoms with Crippen molar-refractivity contribution in [3.63, 3.8) is 0 Å². The Hall–Kier alpha value is -1.38. The highest BCUT2D eigenvalue weighted by atomic mass is 127. The van der Waals surface area contributed by atoms with Crippen LogP contribution < -0.4 is 10.6 Å².